The summed E-state index contributed by atoms with van der Waals surface area (Å²) in [7, 11) is 4.75. The maximum atomic E-state index is 5.21. The van der Waals surface area contributed by atoms with Crippen LogP contribution in [-0.4, -0.2) is 27.6 Å². The minimum absolute atomic E-state index is 0.463. The largest absolute Gasteiger partial charge is 0.496 e. The topological polar surface area (TPSA) is 27.7 Å². The van der Waals surface area contributed by atoms with Crippen LogP contribution in [0.5, 0.6) is 0 Å². The highest BCUT2D eigenvalue weighted by Crippen LogP contribution is 2.13. The highest BCUT2D eigenvalue weighted by Gasteiger charge is 2.12. The van der Waals surface area contributed by atoms with Crippen LogP contribution in [0.15, 0.2) is 36.1 Å². The average Bonchev–Trinajstić information content (AvgIpc) is 2.30. The maximum absolute atomic E-state index is 5.21. The SMILES string of the molecule is COC(=Cc1ccccc1)C(OC)OC. The van der Waals surface area contributed by atoms with Gasteiger partial charge in [0.1, 0.15) is 0 Å². The zero-order valence-electron chi connectivity index (χ0n) is 9.27. The molecule has 0 heterocycles. The fourth-order valence-corrected chi connectivity index (χ4v) is 1.27. The molecule has 0 radical (unpaired) electrons. The van der Waals surface area contributed by atoms with E-state index < -0.39 is 6.29 Å². The van der Waals surface area contributed by atoms with Gasteiger partial charge in [-0.15, -0.1) is 0 Å². The molecule has 0 atom stereocenters. The second kappa shape index (κ2) is 6.22. The average molecular weight is 208 g/mol. The van der Waals surface area contributed by atoms with Gasteiger partial charge in [0.15, 0.2) is 5.76 Å². The number of rotatable bonds is 5. The van der Waals surface area contributed by atoms with E-state index in [1.165, 1.54) is 0 Å². The van der Waals surface area contributed by atoms with Gasteiger partial charge in [-0.05, 0) is 11.6 Å². The lowest BCUT2D eigenvalue weighted by atomic mass is 10.2. The predicted molar refractivity (Wildman–Crippen MR) is 59.2 cm³/mol. The Bertz CT molecular complexity index is 302. The summed E-state index contributed by atoms with van der Waals surface area (Å²) in [6.07, 6.45) is 1.42. The van der Waals surface area contributed by atoms with E-state index in [1.54, 1.807) is 21.3 Å². The number of ether oxygens (including phenoxy) is 3. The van der Waals surface area contributed by atoms with Crippen molar-refractivity contribution < 1.29 is 14.2 Å². The summed E-state index contributed by atoms with van der Waals surface area (Å²) in [6, 6.07) is 9.87. The normalized spacial score (nSPS) is 11.9. The van der Waals surface area contributed by atoms with Crippen LogP contribution in [0.1, 0.15) is 5.56 Å². The van der Waals surface area contributed by atoms with E-state index in [0.29, 0.717) is 5.76 Å². The molecule has 0 N–H and O–H groups in total. The molecule has 15 heavy (non-hydrogen) atoms. The van der Waals surface area contributed by atoms with Crippen molar-refractivity contribution in [2.24, 2.45) is 0 Å². The maximum Gasteiger partial charge on any atom is 0.216 e. The van der Waals surface area contributed by atoms with Crippen molar-refractivity contribution in [1.82, 2.24) is 0 Å². The van der Waals surface area contributed by atoms with Gasteiger partial charge in [-0.3, -0.25) is 0 Å². The molecule has 3 heteroatoms. The van der Waals surface area contributed by atoms with E-state index in [2.05, 4.69) is 0 Å². The fraction of sp³-hybridized carbons (Fsp3) is 0.333. The molecule has 1 aromatic rings. The van der Waals surface area contributed by atoms with Gasteiger partial charge in [0.25, 0.3) is 0 Å². The van der Waals surface area contributed by atoms with Gasteiger partial charge in [-0.1, -0.05) is 30.3 Å². The molecule has 1 rings (SSSR count). The van der Waals surface area contributed by atoms with E-state index in [1.807, 2.05) is 36.4 Å². The van der Waals surface area contributed by atoms with Gasteiger partial charge in [0, 0.05) is 14.2 Å². The third-order valence-corrected chi connectivity index (χ3v) is 2.00. The van der Waals surface area contributed by atoms with E-state index in [-0.39, 0.29) is 0 Å². The van der Waals surface area contributed by atoms with Crippen molar-refractivity contribution in [2.45, 2.75) is 6.29 Å². The van der Waals surface area contributed by atoms with E-state index in [9.17, 15) is 0 Å². The Balaban J connectivity index is 2.86. The van der Waals surface area contributed by atoms with Gasteiger partial charge in [0.2, 0.25) is 6.29 Å². The molecule has 0 aliphatic rings. The number of methoxy groups -OCH3 is 3. The van der Waals surface area contributed by atoms with Gasteiger partial charge in [-0.2, -0.15) is 0 Å². The van der Waals surface area contributed by atoms with Crippen molar-refractivity contribution in [1.29, 1.82) is 0 Å². The second-order valence-corrected chi connectivity index (χ2v) is 2.96. The fourth-order valence-electron chi connectivity index (χ4n) is 1.27. The van der Waals surface area contributed by atoms with Crippen molar-refractivity contribution >= 4 is 6.08 Å². The quantitative estimate of drug-likeness (QED) is 0.549. The molecule has 0 aliphatic carbocycles. The zero-order valence-corrected chi connectivity index (χ0v) is 9.27. The summed E-state index contributed by atoms with van der Waals surface area (Å²) >= 11 is 0. The number of hydrogen-bond acceptors (Lipinski definition) is 3. The molecular formula is C12H16O3. The Labute approximate surface area is 90.3 Å². The zero-order chi connectivity index (χ0) is 11.1. The highest BCUT2D eigenvalue weighted by atomic mass is 16.7. The van der Waals surface area contributed by atoms with Crippen LogP contribution in [0.25, 0.3) is 6.08 Å². The minimum atomic E-state index is -0.463. The molecule has 0 saturated heterocycles. The molecule has 0 bridgehead atoms. The minimum Gasteiger partial charge on any atom is -0.496 e. The molecule has 82 valence electrons. The predicted octanol–water partition coefficient (Wildman–Crippen LogP) is 2.29. The van der Waals surface area contributed by atoms with Crippen LogP contribution in [0.3, 0.4) is 0 Å². The molecule has 1 aromatic carbocycles. The Morgan fingerprint density at radius 3 is 2.13 bits per heavy atom. The third kappa shape index (κ3) is 3.38. The van der Waals surface area contributed by atoms with Crippen molar-refractivity contribution in [3.05, 3.63) is 41.7 Å². The summed E-state index contributed by atoms with van der Waals surface area (Å²) in [5.41, 5.74) is 1.05. The van der Waals surface area contributed by atoms with Crippen LogP contribution in [-0.2, 0) is 14.2 Å². The molecule has 0 unspecified atom stereocenters. The van der Waals surface area contributed by atoms with E-state index in [0.717, 1.165) is 5.56 Å². The lowest BCUT2D eigenvalue weighted by molar-refractivity contribution is -0.0995. The summed E-state index contributed by atoms with van der Waals surface area (Å²) in [5, 5.41) is 0. The monoisotopic (exact) mass is 208 g/mol. The Morgan fingerprint density at radius 1 is 1.07 bits per heavy atom. The molecule has 3 nitrogen and oxygen atoms in total. The van der Waals surface area contributed by atoms with E-state index >= 15 is 0 Å². The Kier molecular flexibility index (Phi) is 4.87. The Hall–Kier alpha value is -1.32. The molecule has 0 fully saturated rings. The summed E-state index contributed by atoms with van der Waals surface area (Å²) < 4.78 is 15.4. The first-order valence-electron chi connectivity index (χ1n) is 4.68. The number of benzene rings is 1. The van der Waals surface area contributed by atoms with Gasteiger partial charge in [0.05, 0.1) is 7.11 Å². The van der Waals surface area contributed by atoms with Crippen LogP contribution in [0.2, 0.25) is 0 Å². The van der Waals surface area contributed by atoms with Gasteiger partial charge < -0.3 is 14.2 Å². The third-order valence-electron chi connectivity index (χ3n) is 2.00. The smallest absolute Gasteiger partial charge is 0.216 e. The standard InChI is InChI=1S/C12H16O3/c1-13-11(12(14-2)15-3)9-10-7-5-4-6-8-10/h4-9,12H,1-3H3. The lowest BCUT2D eigenvalue weighted by Gasteiger charge is -2.15. The first-order valence-corrected chi connectivity index (χ1v) is 4.68. The van der Waals surface area contributed by atoms with E-state index in [4.69, 9.17) is 14.2 Å². The van der Waals surface area contributed by atoms with Crippen molar-refractivity contribution in [2.75, 3.05) is 21.3 Å². The first kappa shape index (κ1) is 11.8. The van der Waals surface area contributed by atoms with Crippen molar-refractivity contribution in [3.8, 4) is 0 Å². The lowest BCUT2D eigenvalue weighted by Crippen LogP contribution is -2.17. The summed E-state index contributed by atoms with van der Waals surface area (Å²) in [6.45, 7) is 0. The second-order valence-electron chi connectivity index (χ2n) is 2.96. The molecular weight excluding hydrogens is 192 g/mol. The number of hydrogen-bond donors (Lipinski definition) is 0. The molecule has 0 spiro atoms. The summed E-state index contributed by atoms with van der Waals surface area (Å²) in [5.74, 6) is 0.645. The van der Waals surface area contributed by atoms with Crippen LogP contribution in [0, 0.1) is 0 Å². The van der Waals surface area contributed by atoms with Crippen molar-refractivity contribution in [3.63, 3.8) is 0 Å². The first-order chi connectivity index (χ1) is 7.31. The van der Waals surface area contributed by atoms with Gasteiger partial charge >= 0.3 is 0 Å². The Morgan fingerprint density at radius 2 is 1.67 bits per heavy atom. The molecule has 0 aromatic heterocycles. The molecule has 0 aliphatic heterocycles. The molecule has 0 saturated carbocycles. The summed E-state index contributed by atoms with van der Waals surface area (Å²) in [4.78, 5) is 0. The van der Waals surface area contributed by atoms with Crippen LogP contribution < -0.4 is 0 Å². The van der Waals surface area contributed by atoms with Crippen LogP contribution >= 0.6 is 0 Å². The molecule has 0 amide bonds. The van der Waals surface area contributed by atoms with Crippen LogP contribution in [0.4, 0.5) is 0 Å². The highest BCUT2D eigenvalue weighted by molar-refractivity contribution is 5.51. The van der Waals surface area contributed by atoms with Gasteiger partial charge in [-0.25, -0.2) is 0 Å².